The van der Waals surface area contributed by atoms with E-state index in [4.69, 9.17) is 0 Å². The van der Waals surface area contributed by atoms with Crippen LogP contribution in [-0.4, -0.2) is 6.61 Å². The van der Waals surface area contributed by atoms with Gasteiger partial charge in [0.1, 0.15) is 0 Å². The van der Waals surface area contributed by atoms with Crippen LogP contribution >= 0.6 is 8.60 Å². The summed E-state index contributed by atoms with van der Waals surface area (Å²) in [4.78, 5) is 19.4. The van der Waals surface area contributed by atoms with Crippen LogP contribution in [0.2, 0.25) is 0 Å². The van der Waals surface area contributed by atoms with E-state index in [0.717, 1.165) is 12.8 Å². The summed E-state index contributed by atoms with van der Waals surface area (Å²) in [6.07, 6.45) is 1.77. The maximum atomic E-state index is 9.69. The normalized spacial score (nSPS) is 9.33. The molecule has 9 heavy (non-hydrogen) atoms. The van der Waals surface area contributed by atoms with Gasteiger partial charge in [-0.15, -0.1) is 0 Å². The minimum Gasteiger partial charge on any atom is -0.820 e. The standard InChI is InChI=1S/C4H9O3P.V/c1-2-3-4-7-8(5)6;/h2-4H2,1H3;/q-2;+2. The summed E-state index contributed by atoms with van der Waals surface area (Å²) >= 11 is 0. The molecule has 0 atom stereocenters. The van der Waals surface area contributed by atoms with E-state index in [9.17, 15) is 9.79 Å². The molecule has 0 unspecified atom stereocenters. The molecule has 1 radical (unpaired) electrons. The predicted molar refractivity (Wildman–Crippen MR) is 27.8 cm³/mol. The summed E-state index contributed by atoms with van der Waals surface area (Å²) in [5.41, 5.74) is 0. The average Bonchev–Trinajstić information content (AvgIpc) is 1.66. The van der Waals surface area contributed by atoms with Crippen molar-refractivity contribution in [2.24, 2.45) is 0 Å². The third-order valence-electron chi connectivity index (χ3n) is 0.695. The molecule has 3 nitrogen and oxygen atoms in total. The molecule has 53 valence electrons. The van der Waals surface area contributed by atoms with Gasteiger partial charge in [0.15, 0.2) is 0 Å². The van der Waals surface area contributed by atoms with Crippen LogP contribution in [0, 0.1) is 0 Å². The van der Waals surface area contributed by atoms with E-state index < -0.39 is 8.60 Å². The molecule has 0 aromatic carbocycles. The first-order valence-electron chi connectivity index (χ1n) is 2.54. The van der Waals surface area contributed by atoms with Gasteiger partial charge >= 0.3 is 18.6 Å². The Hall–Kier alpha value is 0.894. The molecule has 0 bridgehead atoms. The molecule has 0 spiro atoms. The summed E-state index contributed by atoms with van der Waals surface area (Å²) in [5.74, 6) is 0. The zero-order chi connectivity index (χ0) is 6.41. The van der Waals surface area contributed by atoms with Crippen molar-refractivity contribution in [2.45, 2.75) is 19.8 Å². The fourth-order valence-corrected chi connectivity index (χ4v) is 0.562. The van der Waals surface area contributed by atoms with E-state index in [2.05, 4.69) is 4.52 Å². The Morgan fingerprint density at radius 1 is 1.44 bits per heavy atom. The van der Waals surface area contributed by atoms with Gasteiger partial charge in [-0.1, -0.05) is 13.3 Å². The molecule has 0 heterocycles. The van der Waals surface area contributed by atoms with Crippen molar-refractivity contribution >= 4 is 8.60 Å². The summed E-state index contributed by atoms with van der Waals surface area (Å²) in [7, 11) is -2.61. The topological polar surface area (TPSA) is 55.3 Å². The van der Waals surface area contributed by atoms with Crippen LogP contribution in [0.1, 0.15) is 19.8 Å². The van der Waals surface area contributed by atoms with Crippen molar-refractivity contribution in [3.8, 4) is 0 Å². The van der Waals surface area contributed by atoms with Crippen molar-refractivity contribution in [3.05, 3.63) is 0 Å². The maximum Gasteiger partial charge on any atom is 2.00 e. The van der Waals surface area contributed by atoms with Gasteiger partial charge in [-0.25, -0.2) is 0 Å². The molecule has 5 heteroatoms. The van der Waals surface area contributed by atoms with Gasteiger partial charge < -0.3 is 14.3 Å². The number of rotatable bonds is 4. The molecule has 0 aliphatic carbocycles. The molecule has 0 saturated carbocycles. The zero-order valence-electron chi connectivity index (χ0n) is 5.24. The molecule has 0 amide bonds. The molecule has 0 fully saturated rings. The number of unbranched alkanes of at least 4 members (excludes halogenated alkanes) is 1. The molecule has 0 aromatic heterocycles. The monoisotopic (exact) mass is 187 g/mol. The van der Waals surface area contributed by atoms with E-state index in [-0.39, 0.29) is 18.6 Å². The van der Waals surface area contributed by atoms with Gasteiger partial charge in [-0.2, -0.15) is 8.60 Å². The van der Waals surface area contributed by atoms with E-state index in [1.165, 1.54) is 0 Å². The molecule has 0 aromatic rings. The van der Waals surface area contributed by atoms with Crippen LogP contribution in [0.5, 0.6) is 0 Å². The van der Waals surface area contributed by atoms with Crippen molar-refractivity contribution < 1.29 is 32.9 Å². The Kier molecular flexibility index (Phi) is 12.4. The molecular weight excluding hydrogens is 178 g/mol. The van der Waals surface area contributed by atoms with Crippen molar-refractivity contribution in [3.63, 3.8) is 0 Å². The number of hydrogen-bond acceptors (Lipinski definition) is 3. The third-order valence-corrected chi connectivity index (χ3v) is 1.09. The SMILES string of the molecule is CCCCOP([O-])[O-].[V+2]. The Bertz CT molecular complexity index is 53.1. The van der Waals surface area contributed by atoms with Gasteiger partial charge in [0, 0.05) is 6.61 Å². The number of hydrogen-bond donors (Lipinski definition) is 0. The van der Waals surface area contributed by atoms with Crippen LogP contribution < -0.4 is 9.79 Å². The molecule has 0 N–H and O–H groups in total. The van der Waals surface area contributed by atoms with E-state index in [1.807, 2.05) is 6.92 Å². The van der Waals surface area contributed by atoms with Gasteiger partial charge in [-0.05, 0) is 6.42 Å². The van der Waals surface area contributed by atoms with Gasteiger partial charge in [-0.3, -0.25) is 0 Å². The summed E-state index contributed by atoms with van der Waals surface area (Å²) in [6, 6.07) is 0. The van der Waals surface area contributed by atoms with Gasteiger partial charge in [0.25, 0.3) is 0 Å². The van der Waals surface area contributed by atoms with Crippen LogP contribution in [-0.2, 0) is 23.1 Å². The fraction of sp³-hybridized carbons (Fsp3) is 1.00. The molecular formula is C4H9O3PV. The second kappa shape index (κ2) is 8.89. The molecule has 0 saturated heterocycles. The van der Waals surface area contributed by atoms with Crippen LogP contribution in [0.4, 0.5) is 0 Å². The summed E-state index contributed by atoms with van der Waals surface area (Å²) < 4.78 is 4.24. The quantitative estimate of drug-likeness (QED) is 0.450. The third kappa shape index (κ3) is 12.2. The van der Waals surface area contributed by atoms with E-state index in [1.54, 1.807) is 0 Å². The summed E-state index contributed by atoms with van der Waals surface area (Å²) in [5, 5.41) is 0. The first-order valence-corrected chi connectivity index (χ1v) is 3.64. The Morgan fingerprint density at radius 3 is 2.33 bits per heavy atom. The average molecular weight is 187 g/mol. The Labute approximate surface area is 68.3 Å². The van der Waals surface area contributed by atoms with Crippen molar-refractivity contribution in [1.29, 1.82) is 0 Å². The van der Waals surface area contributed by atoms with Crippen LogP contribution in [0.3, 0.4) is 0 Å². The maximum absolute atomic E-state index is 9.69. The first kappa shape index (κ1) is 12.6. The van der Waals surface area contributed by atoms with Crippen LogP contribution in [0.25, 0.3) is 0 Å². The zero-order valence-corrected chi connectivity index (χ0v) is 7.53. The van der Waals surface area contributed by atoms with Crippen LogP contribution in [0.15, 0.2) is 0 Å². The smallest absolute Gasteiger partial charge is 0.820 e. The van der Waals surface area contributed by atoms with Crippen molar-refractivity contribution in [1.82, 2.24) is 0 Å². The van der Waals surface area contributed by atoms with Gasteiger partial charge in [0.05, 0.1) is 0 Å². The predicted octanol–water partition coefficient (Wildman–Crippen LogP) is -0.252. The molecule has 0 rings (SSSR count). The summed E-state index contributed by atoms with van der Waals surface area (Å²) in [6.45, 7) is 2.30. The van der Waals surface area contributed by atoms with Crippen molar-refractivity contribution in [2.75, 3.05) is 6.61 Å². The minimum atomic E-state index is -2.61. The minimum absolute atomic E-state index is 0. The first-order chi connectivity index (χ1) is 3.77. The van der Waals surface area contributed by atoms with E-state index >= 15 is 0 Å². The molecule has 0 aliphatic rings. The van der Waals surface area contributed by atoms with E-state index in [0.29, 0.717) is 6.61 Å². The Balaban J connectivity index is 0. The second-order valence-electron chi connectivity index (χ2n) is 1.41. The second-order valence-corrected chi connectivity index (χ2v) is 2.12. The molecule has 0 aliphatic heterocycles. The Morgan fingerprint density at radius 2 is 2.00 bits per heavy atom. The largest absolute Gasteiger partial charge is 2.00 e. The van der Waals surface area contributed by atoms with Gasteiger partial charge in [0.2, 0.25) is 0 Å². The fourth-order valence-electron chi connectivity index (χ4n) is 0.283.